The Labute approximate surface area is 112 Å². The summed E-state index contributed by atoms with van der Waals surface area (Å²) in [4.78, 5) is 6.10. The fraction of sp³-hybridized carbons (Fsp3) is 0.500. The second kappa shape index (κ2) is 6.00. The van der Waals surface area contributed by atoms with Crippen LogP contribution in [0.15, 0.2) is 22.1 Å². The molecule has 1 aromatic carbocycles. The first kappa shape index (κ1) is 13.1. The molecule has 96 valence electrons. The third kappa shape index (κ3) is 2.90. The largest absolute Gasteiger partial charge is 0.369 e. The van der Waals surface area contributed by atoms with Crippen LogP contribution in [0.2, 0.25) is 0 Å². The highest BCUT2D eigenvalue weighted by Crippen LogP contribution is 2.26. The second-order valence-corrected chi connectivity index (χ2v) is 4.86. The summed E-state index contributed by atoms with van der Waals surface area (Å²) in [5, 5.41) is 6.98. The summed E-state index contributed by atoms with van der Waals surface area (Å²) >= 11 is 4.50. The molecule has 0 unspecified atom stereocenters. The van der Waals surface area contributed by atoms with Crippen molar-refractivity contribution in [1.29, 1.82) is 0 Å². The molecule has 1 aliphatic heterocycles. The van der Waals surface area contributed by atoms with Gasteiger partial charge in [-0.2, -0.15) is 0 Å². The van der Waals surface area contributed by atoms with Crippen molar-refractivity contribution in [1.82, 2.24) is 5.32 Å². The van der Waals surface area contributed by atoms with Gasteiger partial charge in [0.15, 0.2) is 0 Å². The van der Waals surface area contributed by atoms with Crippen LogP contribution in [-0.2, 0) is 6.54 Å². The number of nitrogens with one attached hydrogen (secondary N) is 1. The number of hydrogen-bond donors (Lipinski definition) is 2. The van der Waals surface area contributed by atoms with Gasteiger partial charge in [-0.15, -0.1) is 12.6 Å². The van der Waals surface area contributed by atoms with E-state index in [4.69, 9.17) is 5.53 Å². The Kier molecular flexibility index (Phi) is 4.36. The summed E-state index contributed by atoms with van der Waals surface area (Å²) < 4.78 is 0. The second-order valence-electron chi connectivity index (χ2n) is 4.38. The predicted octanol–water partition coefficient (Wildman–Crippen LogP) is 2.50. The molecule has 0 atom stereocenters. The van der Waals surface area contributed by atoms with E-state index in [-0.39, 0.29) is 0 Å². The molecule has 6 heteroatoms. The fourth-order valence-electron chi connectivity index (χ4n) is 2.12. The standard InChI is InChI=1S/C12H17N5S/c1-9-10(8-15-16-13)6-11(7-12(9)18)17-4-2-14-3-5-17/h6-7,14,18H,2-5,8H2,1H3. The average Bonchev–Trinajstić information content (AvgIpc) is 2.41. The fourth-order valence-corrected chi connectivity index (χ4v) is 2.39. The monoisotopic (exact) mass is 263 g/mol. The number of benzene rings is 1. The molecule has 18 heavy (non-hydrogen) atoms. The Morgan fingerprint density at radius 2 is 2.17 bits per heavy atom. The molecule has 1 saturated heterocycles. The van der Waals surface area contributed by atoms with E-state index in [1.165, 1.54) is 0 Å². The van der Waals surface area contributed by atoms with Crippen molar-refractivity contribution in [2.45, 2.75) is 18.4 Å². The summed E-state index contributed by atoms with van der Waals surface area (Å²) in [6, 6.07) is 4.19. The molecular formula is C12H17N5S. The molecular weight excluding hydrogens is 246 g/mol. The molecule has 0 amide bonds. The van der Waals surface area contributed by atoms with E-state index in [1.54, 1.807) is 0 Å². The van der Waals surface area contributed by atoms with Gasteiger partial charge in [-0.05, 0) is 35.7 Å². The zero-order valence-corrected chi connectivity index (χ0v) is 11.3. The zero-order valence-electron chi connectivity index (χ0n) is 10.4. The van der Waals surface area contributed by atoms with Crippen LogP contribution < -0.4 is 10.2 Å². The van der Waals surface area contributed by atoms with Crippen LogP contribution >= 0.6 is 12.6 Å². The lowest BCUT2D eigenvalue weighted by Crippen LogP contribution is -2.43. The molecule has 0 aromatic heterocycles. The van der Waals surface area contributed by atoms with Gasteiger partial charge in [-0.3, -0.25) is 0 Å². The minimum absolute atomic E-state index is 0.385. The van der Waals surface area contributed by atoms with Crippen LogP contribution in [0.1, 0.15) is 11.1 Å². The van der Waals surface area contributed by atoms with Gasteiger partial charge in [0.2, 0.25) is 0 Å². The molecule has 2 rings (SSSR count). The van der Waals surface area contributed by atoms with Gasteiger partial charge in [0, 0.05) is 41.7 Å². The topological polar surface area (TPSA) is 64.0 Å². The van der Waals surface area contributed by atoms with E-state index < -0.39 is 0 Å². The summed E-state index contributed by atoms with van der Waals surface area (Å²) in [5.74, 6) is 0. The van der Waals surface area contributed by atoms with E-state index in [9.17, 15) is 0 Å². The molecule has 0 saturated carbocycles. The van der Waals surface area contributed by atoms with E-state index in [1.807, 2.05) is 6.92 Å². The smallest absolute Gasteiger partial charge is 0.0514 e. The van der Waals surface area contributed by atoms with Crippen LogP contribution in [0.4, 0.5) is 5.69 Å². The maximum atomic E-state index is 8.43. The normalized spacial score (nSPS) is 15.3. The number of nitrogens with zero attached hydrogens (tertiary/aromatic N) is 4. The highest BCUT2D eigenvalue weighted by Gasteiger charge is 2.13. The van der Waals surface area contributed by atoms with E-state index >= 15 is 0 Å². The Morgan fingerprint density at radius 3 is 2.83 bits per heavy atom. The Morgan fingerprint density at radius 1 is 1.44 bits per heavy atom. The average molecular weight is 263 g/mol. The van der Waals surface area contributed by atoms with Crippen molar-refractivity contribution in [3.8, 4) is 0 Å². The first-order valence-corrected chi connectivity index (χ1v) is 6.46. The highest BCUT2D eigenvalue weighted by molar-refractivity contribution is 7.80. The summed E-state index contributed by atoms with van der Waals surface area (Å²) in [6.45, 7) is 6.39. The minimum atomic E-state index is 0.385. The molecule has 0 radical (unpaired) electrons. The van der Waals surface area contributed by atoms with Gasteiger partial charge >= 0.3 is 0 Å². The van der Waals surface area contributed by atoms with Crippen molar-refractivity contribution >= 4 is 18.3 Å². The Bertz CT molecular complexity index is 476. The van der Waals surface area contributed by atoms with Crippen molar-refractivity contribution in [3.05, 3.63) is 33.7 Å². The molecule has 1 heterocycles. The molecule has 1 N–H and O–H groups in total. The number of azide groups is 1. The summed E-state index contributed by atoms with van der Waals surface area (Å²) in [6.07, 6.45) is 0. The van der Waals surface area contributed by atoms with Crippen molar-refractivity contribution in [2.75, 3.05) is 31.1 Å². The lowest BCUT2D eigenvalue weighted by atomic mass is 10.1. The molecule has 1 fully saturated rings. The number of rotatable bonds is 3. The predicted molar refractivity (Wildman–Crippen MR) is 76.4 cm³/mol. The van der Waals surface area contributed by atoms with Gasteiger partial charge in [0.25, 0.3) is 0 Å². The minimum Gasteiger partial charge on any atom is -0.369 e. The molecule has 1 aliphatic rings. The molecule has 5 nitrogen and oxygen atoms in total. The third-order valence-electron chi connectivity index (χ3n) is 3.26. The van der Waals surface area contributed by atoms with Crippen LogP contribution in [-0.4, -0.2) is 26.2 Å². The maximum Gasteiger partial charge on any atom is 0.0514 e. The van der Waals surface area contributed by atoms with Crippen molar-refractivity contribution in [2.24, 2.45) is 5.11 Å². The molecule has 0 spiro atoms. The lowest BCUT2D eigenvalue weighted by molar-refractivity contribution is 0.588. The molecule has 0 bridgehead atoms. The quantitative estimate of drug-likeness (QED) is 0.381. The van der Waals surface area contributed by atoms with Gasteiger partial charge in [-0.1, -0.05) is 5.11 Å². The maximum absolute atomic E-state index is 8.43. The summed E-state index contributed by atoms with van der Waals surface area (Å²) in [7, 11) is 0. The van der Waals surface area contributed by atoms with Gasteiger partial charge in [-0.25, -0.2) is 0 Å². The van der Waals surface area contributed by atoms with Crippen molar-refractivity contribution < 1.29 is 0 Å². The first-order chi connectivity index (χ1) is 8.72. The number of piperazine rings is 1. The number of thiol groups is 1. The van der Waals surface area contributed by atoms with E-state index in [2.05, 4.69) is 45.0 Å². The highest BCUT2D eigenvalue weighted by atomic mass is 32.1. The zero-order chi connectivity index (χ0) is 13.0. The van der Waals surface area contributed by atoms with Crippen LogP contribution in [0.3, 0.4) is 0 Å². The first-order valence-electron chi connectivity index (χ1n) is 6.01. The van der Waals surface area contributed by atoms with E-state index in [0.29, 0.717) is 6.54 Å². The van der Waals surface area contributed by atoms with Crippen LogP contribution in [0.25, 0.3) is 10.4 Å². The van der Waals surface area contributed by atoms with Crippen molar-refractivity contribution in [3.63, 3.8) is 0 Å². The summed E-state index contributed by atoms with van der Waals surface area (Å²) in [5.41, 5.74) is 11.7. The molecule has 0 aliphatic carbocycles. The van der Waals surface area contributed by atoms with E-state index in [0.717, 1.165) is 47.9 Å². The Hall–Kier alpha value is -1.36. The Balaban J connectivity index is 2.30. The van der Waals surface area contributed by atoms with Gasteiger partial charge in [0.1, 0.15) is 0 Å². The van der Waals surface area contributed by atoms with Gasteiger partial charge in [0.05, 0.1) is 6.54 Å². The van der Waals surface area contributed by atoms with Crippen LogP contribution in [0.5, 0.6) is 0 Å². The number of hydrogen-bond acceptors (Lipinski definition) is 4. The third-order valence-corrected chi connectivity index (χ3v) is 3.72. The lowest BCUT2D eigenvalue weighted by Gasteiger charge is -2.30. The van der Waals surface area contributed by atoms with Crippen LogP contribution in [0, 0.1) is 6.92 Å². The SMILES string of the molecule is Cc1c(S)cc(N2CCNCC2)cc1CN=[N+]=[N-]. The molecule has 1 aromatic rings. The number of anilines is 1. The van der Waals surface area contributed by atoms with Gasteiger partial charge < -0.3 is 10.2 Å².